The largest absolute Gasteiger partial charge is 0.266 e. The lowest BCUT2D eigenvalue weighted by Crippen LogP contribution is -2.23. The zero-order valence-corrected chi connectivity index (χ0v) is 28.4. The van der Waals surface area contributed by atoms with Crippen molar-refractivity contribution in [2.24, 2.45) is 20.9 Å². The van der Waals surface area contributed by atoms with E-state index in [0.29, 0.717) is 0 Å². The molecule has 0 bridgehead atoms. The van der Waals surface area contributed by atoms with Crippen molar-refractivity contribution in [1.29, 1.82) is 0 Å². The van der Waals surface area contributed by atoms with E-state index in [2.05, 4.69) is 118 Å². The SMILES string of the molecule is C=C(/C(=C\N=C(C)c1ccccc1)c1ccc(/C(=C/C(C)=N/C2N=CC3=C(C=CCC3)C2C)c2ccccc2C)cc1)c1ccccc1. The lowest BCUT2D eigenvalue weighted by Gasteiger charge is -2.27. The highest BCUT2D eigenvalue weighted by atomic mass is 15.0. The summed E-state index contributed by atoms with van der Waals surface area (Å²) in [6, 6.07) is 37.9. The molecule has 1 aliphatic heterocycles. The average molecular weight is 626 g/mol. The van der Waals surface area contributed by atoms with Crippen molar-refractivity contribution >= 4 is 34.4 Å². The number of aryl methyl sites for hydroxylation is 1. The molecule has 3 nitrogen and oxygen atoms in total. The summed E-state index contributed by atoms with van der Waals surface area (Å²) >= 11 is 0. The topological polar surface area (TPSA) is 37.1 Å². The smallest absolute Gasteiger partial charge is 0.146 e. The minimum atomic E-state index is -0.125. The van der Waals surface area contributed by atoms with Crippen molar-refractivity contribution < 1.29 is 0 Å². The molecule has 6 rings (SSSR count). The van der Waals surface area contributed by atoms with Crippen LogP contribution in [0.4, 0.5) is 0 Å². The number of nitrogens with zero attached hydrogens (tertiary/aromatic N) is 3. The van der Waals surface area contributed by atoms with Gasteiger partial charge >= 0.3 is 0 Å². The molecule has 2 atom stereocenters. The Morgan fingerprint density at radius 1 is 0.792 bits per heavy atom. The Morgan fingerprint density at radius 3 is 2.15 bits per heavy atom. The van der Waals surface area contributed by atoms with E-state index >= 15 is 0 Å². The van der Waals surface area contributed by atoms with Gasteiger partial charge in [0.05, 0.1) is 0 Å². The summed E-state index contributed by atoms with van der Waals surface area (Å²) in [5.41, 5.74) is 14.4. The van der Waals surface area contributed by atoms with E-state index in [9.17, 15) is 0 Å². The van der Waals surface area contributed by atoms with Crippen molar-refractivity contribution in [2.45, 2.75) is 46.7 Å². The summed E-state index contributed by atoms with van der Waals surface area (Å²) < 4.78 is 0. The van der Waals surface area contributed by atoms with E-state index in [1.54, 1.807) is 0 Å². The Bertz CT molecular complexity index is 2000. The second kappa shape index (κ2) is 15.0. The number of dihydropyridines is 1. The van der Waals surface area contributed by atoms with Gasteiger partial charge in [-0.2, -0.15) is 0 Å². The number of allylic oxidation sites excluding steroid dienone is 6. The molecule has 0 aromatic heterocycles. The molecule has 2 aliphatic rings. The lowest BCUT2D eigenvalue weighted by molar-refractivity contribution is 0.534. The number of hydrogen-bond donors (Lipinski definition) is 0. The average Bonchev–Trinajstić information content (AvgIpc) is 3.13. The molecule has 0 spiro atoms. The molecule has 0 amide bonds. The molecule has 3 heteroatoms. The number of rotatable bonds is 9. The number of hydrogen-bond acceptors (Lipinski definition) is 3. The zero-order valence-electron chi connectivity index (χ0n) is 28.4. The van der Waals surface area contributed by atoms with Crippen molar-refractivity contribution in [3.05, 3.63) is 185 Å². The molecule has 4 aromatic rings. The first-order valence-corrected chi connectivity index (χ1v) is 16.8. The van der Waals surface area contributed by atoms with Crippen LogP contribution in [0.15, 0.2) is 166 Å². The van der Waals surface area contributed by atoms with Gasteiger partial charge in [-0.25, -0.2) is 0 Å². The Balaban J connectivity index is 1.37. The molecule has 238 valence electrons. The first kappa shape index (κ1) is 32.5. The summed E-state index contributed by atoms with van der Waals surface area (Å²) in [7, 11) is 0. The highest BCUT2D eigenvalue weighted by Gasteiger charge is 2.25. The Morgan fingerprint density at radius 2 is 1.44 bits per heavy atom. The standard InChI is InChI=1S/C45H43N3/c1-31-16-12-14-22-41(31)43(28-32(2)48-45-34(4)42-23-15-13-21-40(42)29-47-45)38-24-26-39(27-25-38)44(33(3)36-17-8-6-9-18-36)30-46-35(5)37-19-10-7-11-20-37/h6-12,14-20,22-30,34,45H,3,13,21H2,1-2,4-5H3/b43-28-,44-30+,46-35?,48-32+. The van der Waals surface area contributed by atoms with Crippen molar-refractivity contribution in [3.63, 3.8) is 0 Å². The summed E-state index contributed by atoms with van der Waals surface area (Å²) in [5.74, 6) is 0.252. The molecule has 4 aromatic carbocycles. The molecule has 0 saturated carbocycles. The van der Waals surface area contributed by atoms with Gasteiger partial charge in [0.2, 0.25) is 0 Å². The van der Waals surface area contributed by atoms with E-state index in [-0.39, 0.29) is 12.1 Å². The van der Waals surface area contributed by atoms with Crippen molar-refractivity contribution in [2.75, 3.05) is 0 Å². The maximum atomic E-state index is 5.14. The first-order chi connectivity index (χ1) is 23.4. The Hall–Kier alpha value is -5.41. The van der Waals surface area contributed by atoms with E-state index in [0.717, 1.165) is 63.2 Å². The second-order valence-corrected chi connectivity index (χ2v) is 12.6. The molecule has 1 heterocycles. The van der Waals surface area contributed by atoms with Crippen molar-refractivity contribution in [3.8, 4) is 0 Å². The molecule has 2 unspecified atom stereocenters. The Labute approximate surface area is 285 Å². The fourth-order valence-electron chi connectivity index (χ4n) is 6.40. The summed E-state index contributed by atoms with van der Waals surface area (Å²) in [5, 5.41) is 0. The molecular weight excluding hydrogens is 583 g/mol. The van der Waals surface area contributed by atoms with E-state index in [1.807, 2.05) is 55.7 Å². The minimum Gasteiger partial charge on any atom is -0.266 e. The van der Waals surface area contributed by atoms with Crippen LogP contribution in [0.1, 0.15) is 67.0 Å². The van der Waals surface area contributed by atoms with Crippen LogP contribution in [-0.2, 0) is 0 Å². The molecular formula is C45H43N3. The van der Waals surface area contributed by atoms with Crippen LogP contribution in [0.5, 0.6) is 0 Å². The zero-order chi connectivity index (χ0) is 33.5. The quantitative estimate of drug-likeness (QED) is 0.131. The summed E-state index contributed by atoms with van der Waals surface area (Å²) in [6.45, 7) is 13.1. The minimum absolute atomic E-state index is 0.125. The monoisotopic (exact) mass is 625 g/mol. The van der Waals surface area contributed by atoms with Crippen LogP contribution in [0.3, 0.4) is 0 Å². The van der Waals surface area contributed by atoms with Gasteiger partial charge < -0.3 is 0 Å². The molecule has 0 N–H and O–H groups in total. The fourth-order valence-corrected chi connectivity index (χ4v) is 6.40. The molecule has 48 heavy (non-hydrogen) atoms. The van der Waals surface area contributed by atoms with Gasteiger partial charge in [-0.3, -0.25) is 15.0 Å². The Kier molecular flexibility index (Phi) is 10.2. The molecule has 0 saturated heterocycles. The second-order valence-electron chi connectivity index (χ2n) is 12.6. The van der Waals surface area contributed by atoms with Gasteiger partial charge in [-0.15, -0.1) is 0 Å². The third kappa shape index (κ3) is 7.42. The predicted molar refractivity (Wildman–Crippen MR) is 207 cm³/mol. The van der Waals surface area contributed by atoms with Gasteiger partial charge in [0, 0.05) is 35.3 Å². The molecule has 1 aliphatic carbocycles. The van der Waals surface area contributed by atoms with Gasteiger partial charge in [0.1, 0.15) is 6.17 Å². The van der Waals surface area contributed by atoms with Gasteiger partial charge in [0.15, 0.2) is 0 Å². The normalized spacial score (nSPS) is 18.6. The van der Waals surface area contributed by atoms with Gasteiger partial charge in [-0.05, 0) is 95.4 Å². The first-order valence-electron chi connectivity index (χ1n) is 16.8. The van der Waals surface area contributed by atoms with E-state index < -0.39 is 0 Å². The van der Waals surface area contributed by atoms with Gasteiger partial charge in [-0.1, -0.05) is 135 Å². The van der Waals surface area contributed by atoms with Crippen LogP contribution >= 0.6 is 0 Å². The van der Waals surface area contributed by atoms with Crippen LogP contribution in [0, 0.1) is 12.8 Å². The maximum absolute atomic E-state index is 5.14. The predicted octanol–water partition coefficient (Wildman–Crippen LogP) is 11.1. The number of aliphatic imine (C=N–C) groups is 3. The third-order valence-electron chi connectivity index (χ3n) is 9.23. The van der Waals surface area contributed by atoms with Crippen LogP contribution in [0.2, 0.25) is 0 Å². The highest BCUT2D eigenvalue weighted by Crippen LogP contribution is 2.34. The molecule has 0 radical (unpaired) electrons. The lowest BCUT2D eigenvalue weighted by atomic mass is 9.86. The van der Waals surface area contributed by atoms with Crippen LogP contribution in [-0.4, -0.2) is 23.8 Å². The maximum Gasteiger partial charge on any atom is 0.146 e. The van der Waals surface area contributed by atoms with E-state index in [1.165, 1.54) is 22.3 Å². The summed E-state index contributed by atoms with van der Waals surface area (Å²) in [4.78, 5) is 14.9. The highest BCUT2D eigenvalue weighted by molar-refractivity contribution is 6.06. The summed E-state index contributed by atoms with van der Waals surface area (Å²) in [6.07, 6.45) is 12.8. The molecule has 0 fully saturated rings. The van der Waals surface area contributed by atoms with Crippen molar-refractivity contribution in [1.82, 2.24) is 0 Å². The van der Waals surface area contributed by atoms with Crippen LogP contribution < -0.4 is 0 Å². The third-order valence-corrected chi connectivity index (χ3v) is 9.23. The number of benzene rings is 4. The van der Waals surface area contributed by atoms with Crippen LogP contribution in [0.25, 0.3) is 16.7 Å². The van der Waals surface area contributed by atoms with Gasteiger partial charge in [0.25, 0.3) is 0 Å². The fraction of sp³-hybridized carbons (Fsp3) is 0.178. The van der Waals surface area contributed by atoms with E-state index in [4.69, 9.17) is 15.0 Å².